The molecule has 3 atom stereocenters. The number of aryl methyl sites for hydroxylation is 1. The van der Waals surface area contributed by atoms with Crippen LogP contribution in [0.25, 0.3) is 33.2 Å². The van der Waals surface area contributed by atoms with Crippen LogP contribution in [0, 0.1) is 11.8 Å². The average Bonchev–Trinajstić information content (AvgIpc) is 3.67. The molecular formula is C44H36O2. The lowest BCUT2D eigenvalue weighted by molar-refractivity contribution is 0.0931. The van der Waals surface area contributed by atoms with Crippen molar-refractivity contribution < 1.29 is 9.21 Å². The van der Waals surface area contributed by atoms with Gasteiger partial charge in [-0.1, -0.05) is 136 Å². The van der Waals surface area contributed by atoms with Gasteiger partial charge in [0, 0.05) is 22.1 Å². The third-order valence-corrected chi connectivity index (χ3v) is 10.6. The number of benzene rings is 4. The van der Waals surface area contributed by atoms with Gasteiger partial charge in [0.25, 0.3) is 0 Å². The van der Waals surface area contributed by atoms with Crippen molar-refractivity contribution in [2.45, 2.75) is 32.6 Å². The number of ketones is 1. The summed E-state index contributed by atoms with van der Waals surface area (Å²) in [6, 6.07) is 35.2. The van der Waals surface area contributed by atoms with Crippen molar-refractivity contribution in [1.29, 1.82) is 0 Å². The van der Waals surface area contributed by atoms with Gasteiger partial charge in [-0.05, 0) is 75.4 Å². The molecule has 1 heterocycles. The number of fused-ring (bicyclic) bond motifs is 5. The van der Waals surface area contributed by atoms with E-state index < -0.39 is 5.41 Å². The Hall–Kier alpha value is -5.21. The third kappa shape index (κ3) is 3.73. The van der Waals surface area contributed by atoms with Gasteiger partial charge in [-0.15, -0.1) is 0 Å². The molecule has 0 saturated carbocycles. The smallest absolute Gasteiger partial charge is 0.170 e. The van der Waals surface area contributed by atoms with Crippen LogP contribution in [-0.2, 0) is 11.8 Å². The van der Waals surface area contributed by atoms with Gasteiger partial charge < -0.3 is 4.42 Å². The molecule has 0 saturated heterocycles. The lowest BCUT2D eigenvalue weighted by Gasteiger charge is -2.34. The van der Waals surface area contributed by atoms with E-state index in [2.05, 4.69) is 100 Å². The molecule has 0 aliphatic heterocycles. The van der Waals surface area contributed by atoms with Gasteiger partial charge in [0.2, 0.25) is 0 Å². The number of rotatable bonds is 5. The van der Waals surface area contributed by atoms with Gasteiger partial charge in [-0.3, -0.25) is 4.79 Å². The predicted molar refractivity (Wildman–Crippen MR) is 190 cm³/mol. The van der Waals surface area contributed by atoms with Crippen molar-refractivity contribution in [1.82, 2.24) is 0 Å². The molecule has 2 heteroatoms. The highest BCUT2D eigenvalue weighted by molar-refractivity contribution is 6.10. The van der Waals surface area contributed by atoms with E-state index in [1.165, 1.54) is 11.1 Å². The summed E-state index contributed by atoms with van der Waals surface area (Å²) in [6.45, 7) is 15.9. The van der Waals surface area contributed by atoms with Crippen LogP contribution in [0.1, 0.15) is 53.6 Å². The van der Waals surface area contributed by atoms with Gasteiger partial charge in [-0.2, -0.15) is 0 Å². The fraction of sp³-hybridized carbons (Fsp3) is 0.159. The Balaban J connectivity index is 1.31. The number of carbonyl (C=O) groups excluding carboxylic acids is 1. The second-order valence-corrected chi connectivity index (χ2v) is 12.8. The standard InChI is InChI=1S/C44H36O2/c1-6-33-34-16-11-13-19-38(34)46-43(33)40-27(3)28(4)44(29(40)5)36-18-12-10-17-35(36)41-37(44)25-20-26(2)39(41)42(45)32-23-21-31(22-24-32)30-14-8-7-9-15-30/h7-26,39H,3-4,6H2,1-2,5H3. The number of furan rings is 1. The minimum absolute atomic E-state index is 0.0342. The summed E-state index contributed by atoms with van der Waals surface area (Å²) in [6.07, 6.45) is 5.32. The number of para-hydroxylation sites is 1. The normalized spacial score (nSPS) is 21.9. The third-order valence-electron chi connectivity index (χ3n) is 10.6. The Morgan fingerprint density at radius 3 is 2.28 bits per heavy atom. The number of carbonyl (C=O) groups is 1. The maximum atomic E-state index is 14.6. The molecule has 0 amide bonds. The van der Waals surface area contributed by atoms with Gasteiger partial charge in [0.1, 0.15) is 11.3 Å². The molecule has 1 spiro atoms. The summed E-state index contributed by atoms with van der Waals surface area (Å²) < 4.78 is 6.62. The maximum Gasteiger partial charge on any atom is 0.170 e. The minimum Gasteiger partial charge on any atom is -0.456 e. The fourth-order valence-electron chi connectivity index (χ4n) is 8.42. The summed E-state index contributed by atoms with van der Waals surface area (Å²) in [5.41, 5.74) is 13.0. The molecule has 3 unspecified atom stereocenters. The highest BCUT2D eigenvalue weighted by Crippen LogP contribution is 2.65. The molecule has 0 radical (unpaired) electrons. The van der Waals surface area contributed by atoms with Crippen molar-refractivity contribution in [2.24, 2.45) is 11.8 Å². The van der Waals surface area contributed by atoms with Crippen LogP contribution < -0.4 is 0 Å². The van der Waals surface area contributed by atoms with Crippen molar-refractivity contribution in [3.63, 3.8) is 0 Å². The van der Waals surface area contributed by atoms with Crippen molar-refractivity contribution in [3.05, 3.63) is 179 Å². The van der Waals surface area contributed by atoms with Gasteiger partial charge >= 0.3 is 0 Å². The average molecular weight is 597 g/mol. The molecule has 5 aromatic rings. The first-order valence-electron chi connectivity index (χ1n) is 16.2. The molecule has 3 aliphatic carbocycles. The number of allylic oxidation sites excluding steroid dienone is 8. The van der Waals surface area contributed by atoms with Crippen LogP contribution in [0.15, 0.2) is 155 Å². The molecule has 0 bridgehead atoms. The first-order chi connectivity index (χ1) is 22.4. The van der Waals surface area contributed by atoms with Crippen LogP contribution in [0.4, 0.5) is 0 Å². The van der Waals surface area contributed by atoms with E-state index in [0.29, 0.717) is 0 Å². The topological polar surface area (TPSA) is 30.2 Å². The van der Waals surface area contributed by atoms with Crippen molar-refractivity contribution in [2.75, 3.05) is 0 Å². The zero-order valence-electron chi connectivity index (χ0n) is 26.6. The zero-order valence-corrected chi connectivity index (χ0v) is 26.6. The van der Waals surface area contributed by atoms with Gasteiger partial charge in [0.05, 0.1) is 11.3 Å². The number of hydrogen-bond acceptors (Lipinski definition) is 2. The Bertz CT molecular complexity index is 2200. The Morgan fingerprint density at radius 1 is 0.848 bits per heavy atom. The highest BCUT2D eigenvalue weighted by Gasteiger charge is 2.56. The summed E-state index contributed by atoms with van der Waals surface area (Å²) in [5.74, 6) is 0.742. The van der Waals surface area contributed by atoms with E-state index in [-0.39, 0.29) is 17.6 Å². The molecular weight excluding hydrogens is 560 g/mol. The van der Waals surface area contributed by atoms with Crippen LogP contribution in [0.5, 0.6) is 0 Å². The highest BCUT2D eigenvalue weighted by atomic mass is 16.3. The van der Waals surface area contributed by atoms with E-state index in [9.17, 15) is 4.79 Å². The van der Waals surface area contributed by atoms with Crippen LogP contribution in [-0.4, -0.2) is 5.78 Å². The summed E-state index contributed by atoms with van der Waals surface area (Å²) in [5, 5.41) is 1.14. The van der Waals surface area contributed by atoms with Crippen molar-refractivity contribution in [3.8, 4) is 11.1 Å². The second kappa shape index (κ2) is 10.4. The molecule has 4 aromatic carbocycles. The molecule has 3 aliphatic rings. The van der Waals surface area contributed by atoms with E-state index >= 15 is 0 Å². The van der Waals surface area contributed by atoms with Crippen LogP contribution in [0.2, 0.25) is 0 Å². The minimum atomic E-state index is -0.616. The van der Waals surface area contributed by atoms with E-state index in [1.807, 2.05) is 42.5 Å². The quantitative estimate of drug-likeness (QED) is 0.189. The molecule has 8 rings (SSSR count). The zero-order chi connectivity index (χ0) is 31.7. The monoisotopic (exact) mass is 596 g/mol. The Morgan fingerprint density at radius 2 is 1.52 bits per heavy atom. The van der Waals surface area contributed by atoms with E-state index in [1.54, 1.807) is 0 Å². The van der Waals surface area contributed by atoms with Gasteiger partial charge in [0.15, 0.2) is 5.78 Å². The Labute approximate surface area is 270 Å². The van der Waals surface area contributed by atoms with Crippen LogP contribution >= 0.6 is 0 Å². The summed E-state index contributed by atoms with van der Waals surface area (Å²) >= 11 is 0. The van der Waals surface area contributed by atoms with Gasteiger partial charge in [-0.25, -0.2) is 0 Å². The first-order valence-corrected chi connectivity index (χ1v) is 16.2. The fourth-order valence-corrected chi connectivity index (χ4v) is 8.42. The second-order valence-electron chi connectivity index (χ2n) is 12.8. The van der Waals surface area contributed by atoms with E-state index in [4.69, 9.17) is 11.0 Å². The van der Waals surface area contributed by atoms with Crippen LogP contribution in [0.3, 0.4) is 0 Å². The summed E-state index contributed by atoms with van der Waals surface area (Å²) in [7, 11) is 0. The number of Topliss-reactive ketones (excluding diaryl/α,β-unsaturated/α-hetero) is 1. The lowest BCUT2D eigenvalue weighted by Crippen LogP contribution is -2.30. The van der Waals surface area contributed by atoms with E-state index in [0.717, 1.165) is 78.8 Å². The first kappa shape index (κ1) is 28.3. The molecule has 2 nitrogen and oxygen atoms in total. The lowest BCUT2D eigenvalue weighted by atomic mass is 9.67. The molecule has 46 heavy (non-hydrogen) atoms. The molecule has 0 fully saturated rings. The predicted octanol–water partition coefficient (Wildman–Crippen LogP) is 11.0. The molecule has 224 valence electrons. The summed E-state index contributed by atoms with van der Waals surface area (Å²) in [4.78, 5) is 14.6. The molecule has 1 aromatic heterocycles. The largest absolute Gasteiger partial charge is 0.456 e. The Kier molecular flexibility index (Phi) is 6.41. The maximum absolute atomic E-state index is 14.6. The SMILES string of the molecule is C=C1C(=C)C2(C(C)=C1c1oc3ccccc3c1CC)C1=C(c3ccccc32)C(C(=O)c2ccc(-c3ccccc3)cc2)C(C)C=C1. The molecule has 0 N–H and O–H groups in total. The van der Waals surface area contributed by atoms with Crippen molar-refractivity contribution >= 4 is 27.9 Å². The number of hydrogen-bond donors (Lipinski definition) is 0.